The number of hydrogen-bond donors (Lipinski definition) is 2. The molecule has 0 bridgehead atoms. The summed E-state index contributed by atoms with van der Waals surface area (Å²) in [6, 6.07) is 0.489. The van der Waals surface area contributed by atoms with Crippen molar-refractivity contribution in [3.63, 3.8) is 0 Å². The van der Waals surface area contributed by atoms with Gasteiger partial charge >= 0.3 is 0 Å². The lowest BCUT2D eigenvalue weighted by Gasteiger charge is -2.18. The van der Waals surface area contributed by atoms with Gasteiger partial charge in [0.1, 0.15) is 0 Å². The number of amides is 1. The van der Waals surface area contributed by atoms with Crippen LogP contribution < -0.4 is 10.6 Å². The lowest BCUT2D eigenvalue weighted by Crippen LogP contribution is -2.43. The van der Waals surface area contributed by atoms with Gasteiger partial charge in [0.05, 0.1) is 29.9 Å². The highest BCUT2D eigenvalue weighted by atomic mass is 35.5. The van der Waals surface area contributed by atoms with Gasteiger partial charge in [-0.25, -0.2) is 0 Å². The first-order valence-corrected chi connectivity index (χ1v) is 7.79. The Morgan fingerprint density at radius 1 is 1.41 bits per heavy atom. The van der Waals surface area contributed by atoms with Crippen LogP contribution in [0.25, 0.3) is 0 Å². The Morgan fingerprint density at radius 3 is 2.82 bits per heavy atom. The van der Waals surface area contributed by atoms with E-state index < -0.39 is 0 Å². The van der Waals surface area contributed by atoms with Crippen molar-refractivity contribution in [2.24, 2.45) is 0 Å². The molecule has 0 radical (unpaired) electrons. The Bertz CT molecular complexity index is 514. The van der Waals surface area contributed by atoms with Gasteiger partial charge in [-0.1, -0.05) is 12.8 Å². The van der Waals surface area contributed by atoms with E-state index in [9.17, 15) is 4.79 Å². The fourth-order valence-corrected chi connectivity index (χ4v) is 3.46. The molecule has 1 saturated heterocycles. The molecule has 6 nitrogen and oxygen atoms in total. The fourth-order valence-electron chi connectivity index (χ4n) is 3.46. The average molecular weight is 329 g/mol. The van der Waals surface area contributed by atoms with E-state index in [1.54, 1.807) is 13.3 Å². The van der Waals surface area contributed by atoms with Crippen molar-refractivity contribution in [2.45, 2.75) is 50.8 Å². The minimum Gasteiger partial charge on any atom is -0.378 e. The second kappa shape index (κ2) is 7.44. The first-order valence-electron chi connectivity index (χ1n) is 7.79. The lowest BCUT2D eigenvalue weighted by atomic mass is 10.1. The van der Waals surface area contributed by atoms with Gasteiger partial charge in [0.15, 0.2) is 0 Å². The van der Waals surface area contributed by atoms with Crippen molar-refractivity contribution < 1.29 is 9.53 Å². The average Bonchev–Trinajstić information content (AvgIpc) is 3.18. The maximum Gasteiger partial charge on any atom is 0.255 e. The molecule has 3 rings (SSSR count). The molecule has 7 heteroatoms. The molecule has 2 aliphatic rings. The van der Waals surface area contributed by atoms with Crippen molar-refractivity contribution in [2.75, 3.05) is 20.2 Å². The van der Waals surface area contributed by atoms with E-state index in [2.05, 4.69) is 15.7 Å². The quantitative estimate of drug-likeness (QED) is 0.877. The van der Waals surface area contributed by atoms with Gasteiger partial charge in [0.2, 0.25) is 0 Å². The summed E-state index contributed by atoms with van der Waals surface area (Å²) in [5.74, 6) is -0.0486. The molecule has 1 amide bonds. The summed E-state index contributed by atoms with van der Waals surface area (Å²) in [5.41, 5.74) is 1.66. The highest BCUT2D eigenvalue weighted by Crippen LogP contribution is 2.30. The summed E-state index contributed by atoms with van der Waals surface area (Å²) in [7, 11) is 1.68. The number of aromatic nitrogens is 2. The molecule has 2 fully saturated rings. The van der Waals surface area contributed by atoms with Crippen LogP contribution in [0.4, 0.5) is 0 Å². The van der Waals surface area contributed by atoms with E-state index in [-0.39, 0.29) is 30.5 Å². The summed E-state index contributed by atoms with van der Waals surface area (Å²) >= 11 is 0. The number of nitrogens with one attached hydrogen (secondary N) is 2. The van der Waals surface area contributed by atoms with Gasteiger partial charge in [-0.2, -0.15) is 5.10 Å². The first-order chi connectivity index (χ1) is 10.2. The third-order valence-corrected chi connectivity index (χ3v) is 4.74. The zero-order valence-electron chi connectivity index (χ0n) is 13.2. The van der Waals surface area contributed by atoms with Crippen LogP contribution in [0.1, 0.15) is 47.8 Å². The number of hydrogen-bond acceptors (Lipinski definition) is 4. The van der Waals surface area contributed by atoms with E-state index in [4.69, 9.17) is 4.74 Å². The molecule has 22 heavy (non-hydrogen) atoms. The minimum absolute atomic E-state index is 0. The molecule has 1 aromatic heterocycles. The van der Waals surface area contributed by atoms with Gasteiger partial charge in [-0.3, -0.25) is 9.48 Å². The number of carbonyl (C=O) groups excluding carboxylic acids is 1. The number of methoxy groups -OCH3 is 1. The number of rotatable bonds is 4. The van der Waals surface area contributed by atoms with Crippen molar-refractivity contribution in [3.05, 3.63) is 17.5 Å². The Morgan fingerprint density at radius 2 is 2.14 bits per heavy atom. The third-order valence-electron chi connectivity index (χ3n) is 4.74. The lowest BCUT2D eigenvalue weighted by molar-refractivity contribution is 0.0779. The van der Waals surface area contributed by atoms with Crippen LogP contribution in [0.5, 0.6) is 0 Å². The van der Waals surface area contributed by atoms with Crippen molar-refractivity contribution in [1.29, 1.82) is 0 Å². The van der Waals surface area contributed by atoms with Crippen LogP contribution in [0.2, 0.25) is 0 Å². The zero-order valence-corrected chi connectivity index (χ0v) is 14.0. The predicted octanol–water partition coefficient (Wildman–Crippen LogP) is 1.45. The Labute approximate surface area is 137 Å². The Kier molecular flexibility index (Phi) is 5.83. The predicted molar refractivity (Wildman–Crippen MR) is 86.6 cm³/mol. The molecule has 124 valence electrons. The molecule has 2 heterocycles. The maximum absolute atomic E-state index is 12.5. The van der Waals surface area contributed by atoms with Crippen molar-refractivity contribution in [3.8, 4) is 0 Å². The SMILES string of the molecule is CO[C@H]1CNCC1NC(=O)c1cnn(C2CCCC2)c1C.Cl. The highest BCUT2D eigenvalue weighted by Gasteiger charge is 2.30. The molecule has 1 unspecified atom stereocenters. The van der Waals surface area contributed by atoms with Gasteiger partial charge in [-0.05, 0) is 19.8 Å². The van der Waals surface area contributed by atoms with Gasteiger partial charge < -0.3 is 15.4 Å². The third kappa shape index (κ3) is 3.29. The summed E-state index contributed by atoms with van der Waals surface area (Å²) in [5, 5.41) is 10.7. The molecule has 1 aromatic rings. The summed E-state index contributed by atoms with van der Waals surface area (Å²) < 4.78 is 7.41. The molecule has 2 N–H and O–H groups in total. The number of ether oxygens (including phenoxy) is 1. The van der Waals surface area contributed by atoms with E-state index in [1.807, 2.05) is 11.6 Å². The van der Waals surface area contributed by atoms with Crippen molar-refractivity contribution in [1.82, 2.24) is 20.4 Å². The summed E-state index contributed by atoms with van der Waals surface area (Å²) in [6.07, 6.45) is 6.60. The largest absolute Gasteiger partial charge is 0.378 e. The molecule has 0 spiro atoms. The molecule has 1 aliphatic carbocycles. The van der Waals surface area contributed by atoms with Crippen LogP contribution >= 0.6 is 12.4 Å². The molecular weight excluding hydrogens is 304 g/mol. The Hall–Kier alpha value is -1.11. The molecular formula is C15H25ClN4O2. The molecule has 2 atom stereocenters. The van der Waals surface area contributed by atoms with Gasteiger partial charge in [0.25, 0.3) is 5.91 Å². The Balaban J connectivity index is 0.00000176. The number of carbonyl (C=O) groups is 1. The van der Waals surface area contributed by atoms with E-state index in [0.717, 1.165) is 18.8 Å². The molecule has 1 aliphatic heterocycles. The normalized spacial score (nSPS) is 25.2. The monoisotopic (exact) mass is 328 g/mol. The van der Waals surface area contributed by atoms with Gasteiger partial charge in [0, 0.05) is 25.9 Å². The second-order valence-electron chi connectivity index (χ2n) is 6.04. The van der Waals surface area contributed by atoms with Gasteiger partial charge in [-0.15, -0.1) is 12.4 Å². The standard InChI is InChI=1S/C15H24N4O2.ClH/c1-10-12(7-17-19(10)11-5-3-4-6-11)15(20)18-13-8-16-9-14(13)21-2;/h7,11,13-14,16H,3-6,8-9H2,1-2H3,(H,18,20);1H/t13?,14-;/m0./s1. The second-order valence-corrected chi connectivity index (χ2v) is 6.04. The molecule has 1 saturated carbocycles. The van der Waals surface area contributed by atoms with Crippen molar-refractivity contribution >= 4 is 18.3 Å². The smallest absolute Gasteiger partial charge is 0.255 e. The van der Waals surface area contributed by atoms with E-state index >= 15 is 0 Å². The highest BCUT2D eigenvalue weighted by molar-refractivity contribution is 5.95. The van der Waals surface area contributed by atoms with Crippen LogP contribution in [-0.4, -0.2) is 48.0 Å². The number of halogens is 1. The topological polar surface area (TPSA) is 68.2 Å². The summed E-state index contributed by atoms with van der Waals surface area (Å²) in [6.45, 7) is 3.52. The van der Waals surface area contributed by atoms with Crippen LogP contribution in [0.3, 0.4) is 0 Å². The first kappa shape index (κ1) is 17.2. The van der Waals surface area contributed by atoms with Crippen LogP contribution in [0, 0.1) is 6.92 Å². The maximum atomic E-state index is 12.5. The number of nitrogens with zero attached hydrogens (tertiary/aromatic N) is 2. The van der Waals surface area contributed by atoms with Crippen LogP contribution in [0.15, 0.2) is 6.20 Å². The minimum atomic E-state index is -0.0486. The van der Waals surface area contributed by atoms with E-state index in [1.165, 1.54) is 25.7 Å². The van der Waals surface area contributed by atoms with E-state index in [0.29, 0.717) is 11.6 Å². The fraction of sp³-hybridized carbons (Fsp3) is 0.733. The molecule has 0 aromatic carbocycles. The zero-order chi connectivity index (χ0) is 14.8. The van der Waals surface area contributed by atoms with Crippen LogP contribution in [-0.2, 0) is 4.74 Å². The summed E-state index contributed by atoms with van der Waals surface area (Å²) in [4.78, 5) is 12.5.